The molecule has 7 nitrogen and oxygen atoms in total. The molecule has 146 valence electrons. The molecule has 1 aromatic carbocycles. The van der Waals surface area contributed by atoms with Gasteiger partial charge in [-0.05, 0) is 37.1 Å². The molecule has 7 heteroatoms. The van der Waals surface area contributed by atoms with E-state index in [4.69, 9.17) is 9.47 Å². The number of likely N-dealkylation sites (tertiary alicyclic amines) is 1. The van der Waals surface area contributed by atoms with Crippen LogP contribution in [0.4, 0.5) is 0 Å². The van der Waals surface area contributed by atoms with Crippen molar-refractivity contribution in [2.45, 2.75) is 12.8 Å². The van der Waals surface area contributed by atoms with Crippen LogP contribution in [0, 0.1) is 5.92 Å². The average Bonchev–Trinajstić information content (AvgIpc) is 3.16. The van der Waals surface area contributed by atoms with Gasteiger partial charge in [-0.2, -0.15) is 5.10 Å². The number of piperidine rings is 1. The van der Waals surface area contributed by atoms with Crippen molar-refractivity contribution in [1.82, 2.24) is 14.7 Å². The van der Waals surface area contributed by atoms with E-state index in [9.17, 15) is 9.59 Å². The minimum atomic E-state index is -0.0751. The molecule has 28 heavy (non-hydrogen) atoms. The number of carbonyl (C=O) groups excluding carboxylic acids is 2. The molecule has 4 rings (SSSR count). The number of carbonyl (C=O) groups is 2. The Kier molecular flexibility index (Phi) is 5.14. The van der Waals surface area contributed by atoms with Crippen LogP contribution in [0.3, 0.4) is 0 Å². The van der Waals surface area contributed by atoms with Gasteiger partial charge in [-0.3, -0.25) is 14.3 Å². The Hall–Kier alpha value is -3.09. The zero-order valence-corrected chi connectivity index (χ0v) is 15.8. The van der Waals surface area contributed by atoms with E-state index < -0.39 is 0 Å². The number of hydrogen-bond acceptors (Lipinski definition) is 5. The zero-order valence-electron chi connectivity index (χ0n) is 15.8. The van der Waals surface area contributed by atoms with Gasteiger partial charge in [0, 0.05) is 49.5 Å². The van der Waals surface area contributed by atoms with Gasteiger partial charge in [0.25, 0.3) is 0 Å². The summed E-state index contributed by atoms with van der Waals surface area (Å²) in [7, 11) is 1.84. The molecule has 1 aromatic heterocycles. The maximum absolute atomic E-state index is 12.9. The number of Topliss-reactive ketones (excluding diaryl/α,β-unsaturated/α-hetero) is 1. The normalized spacial score (nSPS) is 17.1. The van der Waals surface area contributed by atoms with Gasteiger partial charge < -0.3 is 14.4 Å². The molecule has 0 saturated carbocycles. The minimum absolute atomic E-state index is 0.0333. The van der Waals surface area contributed by atoms with Crippen molar-refractivity contribution >= 4 is 17.8 Å². The molecule has 0 bridgehead atoms. The Morgan fingerprint density at radius 2 is 1.89 bits per heavy atom. The highest BCUT2D eigenvalue weighted by Crippen LogP contribution is 2.32. The van der Waals surface area contributed by atoms with Crippen LogP contribution < -0.4 is 9.47 Å². The lowest BCUT2D eigenvalue weighted by Crippen LogP contribution is -2.39. The molecule has 0 aliphatic carbocycles. The zero-order chi connectivity index (χ0) is 19.5. The summed E-state index contributed by atoms with van der Waals surface area (Å²) in [5.74, 6) is 1.31. The van der Waals surface area contributed by atoms with Gasteiger partial charge in [0.2, 0.25) is 5.91 Å². The lowest BCUT2D eigenvalue weighted by molar-refractivity contribution is -0.127. The second-order valence-corrected chi connectivity index (χ2v) is 7.10. The fourth-order valence-electron chi connectivity index (χ4n) is 3.59. The molecular formula is C21H23N3O4. The van der Waals surface area contributed by atoms with E-state index in [0.717, 1.165) is 5.56 Å². The van der Waals surface area contributed by atoms with E-state index in [-0.39, 0.29) is 17.6 Å². The van der Waals surface area contributed by atoms with Crippen molar-refractivity contribution < 1.29 is 19.1 Å². The molecule has 2 aliphatic rings. The third-order valence-electron chi connectivity index (χ3n) is 5.15. The molecule has 3 heterocycles. The van der Waals surface area contributed by atoms with Gasteiger partial charge in [0.05, 0.1) is 6.20 Å². The van der Waals surface area contributed by atoms with Gasteiger partial charge in [-0.25, -0.2) is 0 Å². The number of ether oxygens (including phenoxy) is 2. The number of benzene rings is 1. The first-order valence-corrected chi connectivity index (χ1v) is 9.49. The molecular weight excluding hydrogens is 358 g/mol. The Balaban J connectivity index is 1.34. The smallest absolute Gasteiger partial charge is 0.246 e. The van der Waals surface area contributed by atoms with Crippen molar-refractivity contribution in [2.24, 2.45) is 13.0 Å². The largest absolute Gasteiger partial charge is 0.486 e. The van der Waals surface area contributed by atoms with Crippen LogP contribution in [0.1, 0.15) is 28.8 Å². The number of rotatable bonds is 4. The number of aryl methyl sites for hydroxylation is 1. The maximum Gasteiger partial charge on any atom is 0.246 e. The average molecular weight is 381 g/mol. The highest BCUT2D eigenvalue weighted by Gasteiger charge is 2.28. The van der Waals surface area contributed by atoms with E-state index in [2.05, 4.69) is 5.10 Å². The first-order chi connectivity index (χ1) is 13.6. The van der Waals surface area contributed by atoms with E-state index in [1.165, 1.54) is 0 Å². The van der Waals surface area contributed by atoms with Crippen LogP contribution in [0.2, 0.25) is 0 Å². The predicted molar refractivity (Wildman–Crippen MR) is 103 cm³/mol. The van der Waals surface area contributed by atoms with Gasteiger partial charge in [-0.15, -0.1) is 0 Å². The van der Waals surface area contributed by atoms with E-state index >= 15 is 0 Å². The van der Waals surface area contributed by atoms with Crippen molar-refractivity contribution in [3.05, 3.63) is 47.8 Å². The van der Waals surface area contributed by atoms with Crippen LogP contribution in [0.25, 0.3) is 6.08 Å². The van der Waals surface area contributed by atoms with Crippen molar-refractivity contribution in [3.8, 4) is 11.5 Å². The Morgan fingerprint density at radius 3 is 2.61 bits per heavy atom. The summed E-state index contributed by atoms with van der Waals surface area (Å²) in [5.41, 5.74) is 1.53. The monoisotopic (exact) mass is 381 g/mol. The predicted octanol–water partition coefficient (Wildman–Crippen LogP) is 2.33. The topological polar surface area (TPSA) is 73.7 Å². The Bertz CT molecular complexity index is 910. The molecule has 0 unspecified atom stereocenters. The maximum atomic E-state index is 12.9. The molecule has 0 radical (unpaired) electrons. The summed E-state index contributed by atoms with van der Waals surface area (Å²) >= 11 is 0. The molecule has 0 atom stereocenters. The number of fused-ring (bicyclic) bond motifs is 1. The molecule has 2 aromatic rings. The van der Waals surface area contributed by atoms with Crippen LogP contribution in [0.5, 0.6) is 11.5 Å². The van der Waals surface area contributed by atoms with Gasteiger partial charge >= 0.3 is 0 Å². The van der Waals surface area contributed by atoms with E-state index in [1.54, 1.807) is 46.1 Å². The Morgan fingerprint density at radius 1 is 1.14 bits per heavy atom. The number of ketones is 1. The number of amides is 1. The summed E-state index contributed by atoms with van der Waals surface area (Å²) in [6.45, 7) is 2.19. The number of nitrogens with zero attached hydrogens (tertiary/aromatic N) is 3. The molecule has 2 aliphatic heterocycles. The molecule has 1 fully saturated rings. The standard InChI is InChI=1S/C21H23N3O4/c1-23-14-15(13-22-23)2-5-20(25)24-8-6-16(7-9-24)21(26)17-3-4-18-19(12-17)28-11-10-27-18/h2-5,12-14,16H,6-11H2,1H3/b5-2+. The fourth-order valence-corrected chi connectivity index (χ4v) is 3.59. The molecule has 0 spiro atoms. The van der Waals surface area contributed by atoms with Crippen molar-refractivity contribution in [1.29, 1.82) is 0 Å². The van der Waals surface area contributed by atoms with Crippen LogP contribution in [0.15, 0.2) is 36.7 Å². The first-order valence-electron chi connectivity index (χ1n) is 9.49. The third kappa shape index (κ3) is 3.93. The number of aromatic nitrogens is 2. The van der Waals surface area contributed by atoms with Gasteiger partial charge in [-0.1, -0.05) is 0 Å². The first kappa shape index (κ1) is 18.3. The van der Waals surface area contributed by atoms with Crippen molar-refractivity contribution in [2.75, 3.05) is 26.3 Å². The minimum Gasteiger partial charge on any atom is -0.486 e. The highest BCUT2D eigenvalue weighted by atomic mass is 16.6. The summed E-state index contributed by atoms with van der Waals surface area (Å²) < 4.78 is 12.8. The molecule has 0 N–H and O–H groups in total. The van der Waals surface area contributed by atoms with Gasteiger partial charge in [0.15, 0.2) is 17.3 Å². The van der Waals surface area contributed by atoms with Crippen LogP contribution >= 0.6 is 0 Å². The van der Waals surface area contributed by atoms with E-state index in [0.29, 0.717) is 56.2 Å². The lowest BCUT2D eigenvalue weighted by atomic mass is 9.88. The highest BCUT2D eigenvalue weighted by molar-refractivity contribution is 5.99. The third-order valence-corrected chi connectivity index (χ3v) is 5.15. The fraction of sp³-hybridized carbons (Fsp3) is 0.381. The summed E-state index contributed by atoms with van der Waals surface area (Å²) in [5, 5.41) is 4.08. The summed E-state index contributed by atoms with van der Waals surface area (Å²) in [6, 6.07) is 5.36. The SMILES string of the molecule is Cn1cc(/C=C/C(=O)N2CCC(C(=O)c3ccc4c(c3)OCCO4)CC2)cn1. The molecule has 1 amide bonds. The van der Waals surface area contributed by atoms with Crippen molar-refractivity contribution in [3.63, 3.8) is 0 Å². The quantitative estimate of drug-likeness (QED) is 0.600. The lowest BCUT2D eigenvalue weighted by Gasteiger charge is -2.30. The summed E-state index contributed by atoms with van der Waals surface area (Å²) in [6.07, 6.45) is 8.23. The Labute approximate surface area is 163 Å². The molecule has 1 saturated heterocycles. The van der Waals surface area contributed by atoms with Crippen LogP contribution in [-0.4, -0.2) is 52.7 Å². The summed E-state index contributed by atoms with van der Waals surface area (Å²) in [4.78, 5) is 27.0. The van der Waals surface area contributed by atoms with Gasteiger partial charge in [0.1, 0.15) is 13.2 Å². The second kappa shape index (κ2) is 7.88. The number of hydrogen-bond donors (Lipinski definition) is 0. The second-order valence-electron chi connectivity index (χ2n) is 7.10. The van der Waals surface area contributed by atoms with E-state index in [1.807, 2.05) is 13.2 Å². The van der Waals surface area contributed by atoms with Crippen LogP contribution in [-0.2, 0) is 11.8 Å².